The largest absolute Gasteiger partial charge is 0.311 e. The molecule has 0 saturated carbocycles. The molecule has 31 heavy (non-hydrogen) atoms. The Morgan fingerprint density at radius 2 is 1.94 bits per heavy atom. The van der Waals surface area contributed by atoms with E-state index in [1.54, 1.807) is 4.68 Å². The molecule has 0 N–H and O–H groups in total. The lowest BCUT2D eigenvalue weighted by Crippen LogP contribution is -2.36. The average Bonchev–Trinajstić information content (AvgIpc) is 3.22. The number of amides is 1. The van der Waals surface area contributed by atoms with Crippen LogP contribution in [0.5, 0.6) is 0 Å². The van der Waals surface area contributed by atoms with Crippen molar-refractivity contribution in [2.75, 3.05) is 17.2 Å². The van der Waals surface area contributed by atoms with E-state index in [4.69, 9.17) is 0 Å². The molecule has 1 aliphatic rings. The van der Waals surface area contributed by atoms with Crippen LogP contribution in [0.3, 0.4) is 0 Å². The topological polar surface area (TPSA) is 76.8 Å². The molecular formula is C23H22N6OS. The number of para-hydroxylation sites is 1. The Bertz CT molecular complexity index is 1240. The first-order valence-corrected chi connectivity index (χ1v) is 11.3. The number of carbonyl (C=O) groups excluding carboxylic acids is 1. The van der Waals surface area contributed by atoms with E-state index in [1.807, 2.05) is 23.1 Å². The number of hydrogen-bond donors (Lipinski definition) is 0. The van der Waals surface area contributed by atoms with Crippen molar-refractivity contribution in [3.63, 3.8) is 0 Å². The molecule has 0 fully saturated rings. The van der Waals surface area contributed by atoms with E-state index in [9.17, 15) is 4.79 Å². The molecular weight excluding hydrogens is 408 g/mol. The van der Waals surface area contributed by atoms with Crippen LogP contribution in [-0.4, -0.2) is 43.2 Å². The Balaban J connectivity index is 1.33. The molecule has 7 nitrogen and oxygen atoms in total. The lowest BCUT2D eigenvalue weighted by molar-refractivity contribution is -0.116. The van der Waals surface area contributed by atoms with Crippen LogP contribution in [0.4, 0.5) is 5.69 Å². The highest BCUT2D eigenvalue weighted by Gasteiger charge is 2.23. The summed E-state index contributed by atoms with van der Waals surface area (Å²) in [4.78, 5) is 23.6. The molecule has 0 spiro atoms. The molecule has 3 heterocycles. The number of aryl methyl sites for hydroxylation is 2. The summed E-state index contributed by atoms with van der Waals surface area (Å²) in [6.45, 7) is 3.40. The van der Waals surface area contributed by atoms with E-state index in [2.05, 4.69) is 57.5 Å². The number of hydrogen-bond acceptors (Lipinski definition) is 6. The van der Waals surface area contributed by atoms with Gasteiger partial charge in [-0.2, -0.15) is 0 Å². The standard InChI is InChI=1S/C23H22N6OS/c1-16-8-10-17(11-9-16)13-29-22-21(26-27-29)23(25-15-24-22)31-14-20(30)28-12-4-6-18-5-2-3-7-19(18)28/h2-3,5,7-11,15H,4,6,12-14H2,1H3. The van der Waals surface area contributed by atoms with E-state index in [1.165, 1.54) is 29.2 Å². The third-order valence-electron chi connectivity index (χ3n) is 5.46. The third-order valence-corrected chi connectivity index (χ3v) is 6.43. The second kappa shape index (κ2) is 8.47. The van der Waals surface area contributed by atoms with Crippen molar-refractivity contribution in [2.45, 2.75) is 31.3 Å². The van der Waals surface area contributed by atoms with Crippen molar-refractivity contribution >= 4 is 34.5 Å². The van der Waals surface area contributed by atoms with Crippen molar-refractivity contribution < 1.29 is 4.79 Å². The lowest BCUT2D eigenvalue weighted by Gasteiger charge is -2.29. The average molecular weight is 431 g/mol. The minimum Gasteiger partial charge on any atom is -0.311 e. The van der Waals surface area contributed by atoms with Gasteiger partial charge in [-0.15, -0.1) is 5.10 Å². The Labute approximate surface area is 184 Å². The van der Waals surface area contributed by atoms with Crippen LogP contribution in [0.15, 0.2) is 59.9 Å². The molecule has 0 bridgehead atoms. The number of benzene rings is 2. The Morgan fingerprint density at radius 3 is 2.81 bits per heavy atom. The Hall–Kier alpha value is -3.26. The minimum absolute atomic E-state index is 0.0796. The molecule has 0 radical (unpaired) electrons. The summed E-state index contributed by atoms with van der Waals surface area (Å²) in [5, 5.41) is 9.26. The van der Waals surface area contributed by atoms with E-state index in [0.29, 0.717) is 28.5 Å². The van der Waals surface area contributed by atoms with Gasteiger partial charge in [0.2, 0.25) is 5.91 Å². The van der Waals surface area contributed by atoms with Gasteiger partial charge >= 0.3 is 0 Å². The monoisotopic (exact) mass is 430 g/mol. The van der Waals surface area contributed by atoms with Crippen molar-refractivity contribution in [3.05, 3.63) is 71.5 Å². The quantitative estimate of drug-likeness (QED) is 0.355. The second-order valence-corrected chi connectivity index (χ2v) is 8.61. The number of thioether (sulfide) groups is 1. The molecule has 5 rings (SSSR count). The second-order valence-electron chi connectivity index (χ2n) is 7.65. The SMILES string of the molecule is Cc1ccc(Cn2nnc3c(SCC(=O)N4CCCc5ccccc54)ncnc32)cc1. The van der Waals surface area contributed by atoms with Gasteiger partial charge in [0.15, 0.2) is 11.2 Å². The summed E-state index contributed by atoms with van der Waals surface area (Å²) in [7, 11) is 0. The molecule has 0 saturated heterocycles. The highest BCUT2D eigenvalue weighted by molar-refractivity contribution is 8.00. The smallest absolute Gasteiger partial charge is 0.237 e. The maximum absolute atomic E-state index is 13.0. The van der Waals surface area contributed by atoms with E-state index >= 15 is 0 Å². The van der Waals surface area contributed by atoms with Crippen molar-refractivity contribution in [2.24, 2.45) is 0 Å². The number of rotatable bonds is 5. The van der Waals surface area contributed by atoms with Crippen LogP contribution in [0.25, 0.3) is 11.2 Å². The molecule has 2 aromatic carbocycles. The predicted octanol–water partition coefficient (Wildman–Crippen LogP) is 3.65. The number of anilines is 1. The van der Waals surface area contributed by atoms with Gasteiger partial charge in [-0.25, -0.2) is 14.6 Å². The predicted molar refractivity (Wildman–Crippen MR) is 121 cm³/mol. The Morgan fingerprint density at radius 1 is 1.10 bits per heavy atom. The number of nitrogens with zero attached hydrogens (tertiary/aromatic N) is 6. The molecule has 8 heteroatoms. The van der Waals surface area contributed by atoms with Gasteiger partial charge in [0.1, 0.15) is 11.4 Å². The molecule has 2 aromatic heterocycles. The maximum atomic E-state index is 13.0. The summed E-state index contributed by atoms with van der Waals surface area (Å²) < 4.78 is 1.77. The van der Waals surface area contributed by atoms with E-state index in [-0.39, 0.29) is 5.91 Å². The molecule has 0 atom stereocenters. The van der Waals surface area contributed by atoms with Crippen LogP contribution < -0.4 is 4.90 Å². The number of carbonyl (C=O) groups is 1. The van der Waals surface area contributed by atoms with Gasteiger partial charge in [0.25, 0.3) is 0 Å². The van der Waals surface area contributed by atoms with Gasteiger partial charge in [0.05, 0.1) is 12.3 Å². The lowest BCUT2D eigenvalue weighted by atomic mass is 10.0. The summed E-state index contributed by atoms with van der Waals surface area (Å²) >= 11 is 1.39. The normalized spacial score (nSPS) is 13.4. The first-order chi connectivity index (χ1) is 15.2. The highest BCUT2D eigenvalue weighted by Crippen LogP contribution is 2.29. The van der Waals surface area contributed by atoms with Crippen LogP contribution in [0.1, 0.15) is 23.1 Å². The fraction of sp³-hybridized carbons (Fsp3) is 0.261. The zero-order valence-corrected chi connectivity index (χ0v) is 18.0. The molecule has 0 aliphatic carbocycles. The zero-order chi connectivity index (χ0) is 21.2. The van der Waals surface area contributed by atoms with Crippen molar-refractivity contribution in [1.82, 2.24) is 25.0 Å². The number of fused-ring (bicyclic) bond motifs is 2. The van der Waals surface area contributed by atoms with Crippen molar-refractivity contribution in [3.8, 4) is 0 Å². The summed E-state index contributed by atoms with van der Waals surface area (Å²) in [6, 6.07) is 16.4. The maximum Gasteiger partial charge on any atom is 0.237 e. The minimum atomic E-state index is 0.0796. The molecule has 4 aromatic rings. The van der Waals surface area contributed by atoms with Crippen LogP contribution in [-0.2, 0) is 17.8 Å². The fourth-order valence-electron chi connectivity index (χ4n) is 3.85. The molecule has 1 amide bonds. The first-order valence-electron chi connectivity index (χ1n) is 10.3. The summed E-state index contributed by atoms with van der Waals surface area (Å²) in [5.74, 6) is 0.376. The van der Waals surface area contributed by atoms with Crippen LogP contribution in [0, 0.1) is 6.92 Å². The zero-order valence-electron chi connectivity index (χ0n) is 17.2. The van der Waals surface area contributed by atoms with Crippen LogP contribution in [0.2, 0.25) is 0 Å². The summed E-state index contributed by atoms with van der Waals surface area (Å²) in [5.41, 5.74) is 5.91. The Kier molecular flexibility index (Phi) is 5.38. The number of aromatic nitrogens is 5. The molecule has 0 unspecified atom stereocenters. The highest BCUT2D eigenvalue weighted by atomic mass is 32.2. The van der Waals surface area contributed by atoms with Crippen LogP contribution >= 0.6 is 11.8 Å². The van der Waals surface area contributed by atoms with Gasteiger partial charge in [-0.1, -0.05) is 65.0 Å². The van der Waals surface area contributed by atoms with Gasteiger partial charge < -0.3 is 4.90 Å². The third kappa shape index (κ3) is 4.03. The summed E-state index contributed by atoms with van der Waals surface area (Å²) in [6.07, 6.45) is 3.52. The van der Waals surface area contributed by atoms with E-state index < -0.39 is 0 Å². The molecule has 1 aliphatic heterocycles. The van der Waals surface area contributed by atoms with Gasteiger partial charge in [-0.05, 0) is 37.0 Å². The molecule has 156 valence electrons. The van der Waals surface area contributed by atoms with Gasteiger partial charge in [0, 0.05) is 12.2 Å². The van der Waals surface area contributed by atoms with Gasteiger partial charge in [-0.3, -0.25) is 4.79 Å². The van der Waals surface area contributed by atoms with Crippen molar-refractivity contribution in [1.29, 1.82) is 0 Å². The first kappa shape index (κ1) is 19.7. The fourth-order valence-corrected chi connectivity index (χ4v) is 4.66. The van der Waals surface area contributed by atoms with E-state index in [0.717, 1.165) is 30.6 Å².